The number of rotatable bonds is 6. The lowest BCUT2D eigenvalue weighted by atomic mass is 10.1. The average Bonchev–Trinajstić information content (AvgIpc) is 3.42. The van der Waals surface area contributed by atoms with Gasteiger partial charge >= 0.3 is 0 Å². The highest BCUT2D eigenvalue weighted by atomic mass is 16.5. The number of anilines is 2. The van der Waals surface area contributed by atoms with Crippen LogP contribution in [0.4, 0.5) is 11.4 Å². The smallest absolute Gasteiger partial charge is 0.255 e. The highest BCUT2D eigenvalue weighted by molar-refractivity contribution is 6.05. The maximum atomic E-state index is 12.6. The molecule has 0 spiro atoms. The minimum Gasteiger partial charge on any atom is -0.491 e. The molecule has 5 heteroatoms. The van der Waals surface area contributed by atoms with Gasteiger partial charge in [0.2, 0.25) is 5.91 Å². The molecule has 2 amide bonds. The Kier molecular flexibility index (Phi) is 5.26. The summed E-state index contributed by atoms with van der Waals surface area (Å²) in [6.45, 7) is 5.87. The molecule has 136 valence electrons. The van der Waals surface area contributed by atoms with E-state index in [4.69, 9.17) is 4.74 Å². The fourth-order valence-electron chi connectivity index (χ4n) is 2.64. The second-order valence-electron chi connectivity index (χ2n) is 6.94. The van der Waals surface area contributed by atoms with E-state index in [0.29, 0.717) is 11.3 Å². The molecule has 0 atom stereocenters. The number of hydrogen-bond acceptors (Lipinski definition) is 3. The SMILES string of the molecule is Cc1cc(OC(C)C)ccc1NC(=O)c1cccc(NC(=O)C2CC2)c1. The molecule has 5 nitrogen and oxygen atoms in total. The van der Waals surface area contributed by atoms with Gasteiger partial charge in [-0.05, 0) is 75.6 Å². The molecule has 0 aliphatic heterocycles. The van der Waals surface area contributed by atoms with Crippen LogP contribution in [-0.4, -0.2) is 17.9 Å². The van der Waals surface area contributed by atoms with Gasteiger partial charge in [0, 0.05) is 22.9 Å². The minimum atomic E-state index is -0.215. The predicted octanol–water partition coefficient (Wildman–Crippen LogP) is 4.38. The van der Waals surface area contributed by atoms with Crippen LogP contribution in [-0.2, 0) is 4.79 Å². The summed E-state index contributed by atoms with van der Waals surface area (Å²) >= 11 is 0. The van der Waals surface area contributed by atoms with Crippen LogP contribution in [0.1, 0.15) is 42.6 Å². The van der Waals surface area contributed by atoms with Crippen molar-refractivity contribution in [2.75, 3.05) is 10.6 Å². The summed E-state index contributed by atoms with van der Waals surface area (Å²) in [5.41, 5.74) is 2.81. The minimum absolute atomic E-state index is 0.0270. The normalized spacial score (nSPS) is 13.4. The van der Waals surface area contributed by atoms with Crippen LogP contribution < -0.4 is 15.4 Å². The average molecular weight is 352 g/mol. The van der Waals surface area contributed by atoms with Crippen LogP contribution >= 0.6 is 0 Å². The zero-order valence-electron chi connectivity index (χ0n) is 15.3. The molecule has 0 aromatic heterocycles. The lowest BCUT2D eigenvalue weighted by molar-refractivity contribution is -0.117. The first-order chi connectivity index (χ1) is 12.4. The Morgan fingerprint density at radius 3 is 2.50 bits per heavy atom. The Bertz CT molecular complexity index is 826. The maximum absolute atomic E-state index is 12.6. The Hall–Kier alpha value is -2.82. The van der Waals surface area contributed by atoms with Gasteiger partial charge in [-0.1, -0.05) is 6.07 Å². The number of benzene rings is 2. The first kappa shape index (κ1) is 18.0. The van der Waals surface area contributed by atoms with Crippen molar-refractivity contribution >= 4 is 23.2 Å². The zero-order valence-corrected chi connectivity index (χ0v) is 15.3. The van der Waals surface area contributed by atoms with Crippen molar-refractivity contribution in [2.24, 2.45) is 5.92 Å². The van der Waals surface area contributed by atoms with Gasteiger partial charge < -0.3 is 15.4 Å². The third-order valence-corrected chi connectivity index (χ3v) is 4.16. The summed E-state index contributed by atoms with van der Waals surface area (Å²) in [5.74, 6) is 0.717. The standard InChI is InChI=1S/C21H24N2O3/c1-13(2)26-18-9-10-19(14(3)11-18)23-21(25)16-5-4-6-17(12-16)22-20(24)15-7-8-15/h4-6,9-13,15H,7-8H2,1-3H3,(H,22,24)(H,23,25). The van der Waals surface area contributed by atoms with E-state index in [1.165, 1.54) is 0 Å². The quantitative estimate of drug-likeness (QED) is 0.810. The molecular weight excluding hydrogens is 328 g/mol. The van der Waals surface area contributed by atoms with Gasteiger partial charge in [-0.2, -0.15) is 0 Å². The van der Waals surface area contributed by atoms with Crippen molar-refractivity contribution in [1.29, 1.82) is 0 Å². The number of aryl methyl sites for hydroxylation is 1. The lowest BCUT2D eigenvalue weighted by Gasteiger charge is -2.13. The topological polar surface area (TPSA) is 67.4 Å². The van der Waals surface area contributed by atoms with E-state index < -0.39 is 0 Å². The summed E-state index contributed by atoms with van der Waals surface area (Å²) in [4.78, 5) is 24.4. The summed E-state index contributed by atoms with van der Waals surface area (Å²) < 4.78 is 5.66. The summed E-state index contributed by atoms with van der Waals surface area (Å²) in [6.07, 6.45) is 1.99. The number of carbonyl (C=O) groups is 2. The number of nitrogens with one attached hydrogen (secondary N) is 2. The molecule has 1 saturated carbocycles. The second kappa shape index (κ2) is 7.60. The van der Waals surface area contributed by atoms with E-state index in [9.17, 15) is 9.59 Å². The van der Waals surface area contributed by atoms with Crippen molar-refractivity contribution in [2.45, 2.75) is 39.7 Å². The van der Waals surface area contributed by atoms with E-state index in [1.54, 1.807) is 24.3 Å². The molecule has 1 aliphatic rings. The van der Waals surface area contributed by atoms with Crippen LogP contribution in [0.15, 0.2) is 42.5 Å². The fraction of sp³-hybridized carbons (Fsp3) is 0.333. The number of ether oxygens (including phenoxy) is 1. The monoisotopic (exact) mass is 352 g/mol. The molecule has 0 saturated heterocycles. The third kappa shape index (κ3) is 4.63. The van der Waals surface area contributed by atoms with Crippen molar-refractivity contribution in [3.63, 3.8) is 0 Å². The molecule has 2 N–H and O–H groups in total. The van der Waals surface area contributed by atoms with Crippen LogP contribution in [0.25, 0.3) is 0 Å². The fourth-order valence-corrected chi connectivity index (χ4v) is 2.64. The van der Waals surface area contributed by atoms with Gasteiger partial charge in [-0.25, -0.2) is 0 Å². The number of carbonyl (C=O) groups excluding carboxylic acids is 2. The Balaban J connectivity index is 1.68. The van der Waals surface area contributed by atoms with Gasteiger partial charge in [-0.3, -0.25) is 9.59 Å². The van der Waals surface area contributed by atoms with Crippen molar-refractivity contribution in [3.05, 3.63) is 53.6 Å². The van der Waals surface area contributed by atoms with Crippen LogP contribution in [0, 0.1) is 12.8 Å². The Labute approximate surface area is 153 Å². The lowest BCUT2D eigenvalue weighted by Crippen LogP contribution is -2.16. The molecule has 0 heterocycles. The van der Waals surface area contributed by atoms with E-state index in [2.05, 4.69) is 10.6 Å². The van der Waals surface area contributed by atoms with Crippen molar-refractivity contribution in [3.8, 4) is 5.75 Å². The largest absolute Gasteiger partial charge is 0.491 e. The van der Waals surface area contributed by atoms with Gasteiger partial charge in [0.15, 0.2) is 0 Å². The Morgan fingerprint density at radius 2 is 1.85 bits per heavy atom. The summed E-state index contributed by atoms with van der Waals surface area (Å²) in [6, 6.07) is 12.6. The molecule has 0 radical (unpaired) electrons. The maximum Gasteiger partial charge on any atom is 0.255 e. The Morgan fingerprint density at radius 1 is 1.08 bits per heavy atom. The highest BCUT2D eigenvalue weighted by Gasteiger charge is 2.29. The molecule has 1 aliphatic carbocycles. The molecule has 26 heavy (non-hydrogen) atoms. The van der Waals surface area contributed by atoms with Crippen LogP contribution in [0.5, 0.6) is 5.75 Å². The number of hydrogen-bond donors (Lipinski definition) is 2. The van der Waals surface area contributed by atoms with Gasteiger partial charge in [0.25, 0.3) is 5.91 Å². The molecule has 0 unspecified atom stereocenters. The summed E-state index contributed by atoms with van der Waals surface area (Å²) in [5, 5.41) is 5.78. The van der Waals surface area contributed by atoms with Crippen LogP contribution in [0.2, 0.25) is 0 Å². The van der Waals surface area contributed by atoms with E-state index >= 15 is 0 Å². The molecule has 3 rings (SSSR count). The molecular formula is C21H24N2O3. The van der Waals surface area contributed by atoms with Gasteiger partial charge in [-0.15, -0.1) is 0 Å². The van der Waals surface area contributed by atoms with Gasteiger partial charge in [0.05, 0.1) is 6.10 Å². The molecule has 1 fully saturated rings. The van der Waals surface area contributed by atoms with E-state index in [0.717, 1.165) is 29.8 Å². The molecule has 2 aromatic carbocycles. The van der Waals surface area contributed by atoms with Crippen molar-refractivity contribution < 1.29 is 14.3 Å². The molecule has 2 aromatic rings. The third-order valence-electron chi connectivity index (χ3n) is 4.16. The van der Waals surface area contributed by atoms with Gasteiger partial charge in [0.1, 0.15) is 5.75 Å². The zero-order chi connectivity index (χ0) is 18.7. The first-order valence-electron chi connectivity index (χ1n) is 8.92. The summed E-state index contributed by atoms with van der Waals surface area (Å²) in [7, 11) is 0. The first-order valence-corrected chi connectivity index (χ1v) is 8.92. The van der Waals surface area contributed by atoms with Crippen LogP contribution in [0.3, 0.4) is 0 Å². The second-order valence-corrected chi connectivity index (χ2v) is 6.94. The van der Waals surface area contributed by atoms with E-state index in [1.807, 2.05) is 39.0 Å². The van der Waals surface area contributed by atoms with Crippen molar-refractivity contribution in [1.82, 2.24) is 0 Å². The van der Waals surface area contributed by atoms with E-state index in [-0.39, 0.29) is 23.8 Å². The molecule has 0 bridgehead atoms. The predicted molar refractivity (Wildman–Crippen MR) is 103 cm³/mol. The number of amides is 2. The highest BCUT2D eigenvalue weighted by Crippen LogP contribution is 2.30.